The summed E-state index contributed by atoms with van der Waals surface area (Å²) in [4.78, 5) is 44.2. The van der Waals surface area contributed by atoms with Crippen LogP contribution in [0.25, 0.3) is 44.2 Å². The van der Waals surface area contributed by atoms with Gasteiger partial charge in [0.1, 0.15) is 17.7 Å². The number of carbonyl (C=O) groups is 2. The number of ether oxygens (including phenoxy) is 3. The lowest BCUT2D eigenvalue weighted by Crippen LogP contribution is -2.52. The first-order valence-electron chi connectivity index (χ1n) is 17.0. The van der Waals surface area contributed by atoms with Gasteiger partial charge in [-0.2, -0.15) is 0 Å². The molecular formula is C37H43N7O5. The van der Waals surface area contributed by atoms with Crippen LogP contribution in [0.3, 0.4) is 0 Å². The molecule has 2 amide bonds. The number of aromatic amines is 2. The minimum absolute atomic E-state index is 0.167. The van der Waals surface area contributed by atoms with E-state index in [4.69, 9.17) is 24.2 Å². The lowest BCUT2D eigenvalue weighted by atomic mass is 9.99. The maximum Gasteiger partial charge on any atom is 0.407 e. The van der Waals surface area contributed by atoms with Gasteiger partial charge in [-0.3, -0.25) is 4.79 Å². The average molecular weight is 666 g/mol. The van der Waals surface area contributed by atoms with Crippen molar-refractivity contribution in [3.63, 3.8) is 0 Å². The standard InChI is InChI=1S/C37H43N7O5/c1-5-14-38-20-31-40-28-13-11-26-17-25(10-12-27(26)33(28)42-31)23-6-8-24(9-7-23)29-19-39-34(41-29)30-18-37(48-15-16-49-37)21-44(30)35(45)32(22(2)3)43-36(46)47-4/h6-13,17,19,22,30,32,38H,5,14-16,18,20-21H2,1-4H3,(H,39,41)(H,40,42)(H,43,46)/t30-,32-/m0/s1. The topological polar surface area (TPSA) is 146 Å². The van der Waals surface area contributed by atoms with Gasteiger partial charge in [-0.1, -0.05) is 63.2 Å². The van der Waals surface area contributed by atoms with Crippen LogP contribution >= 0.6 is 0 Å². The summed E-state index contributed by atoms with van der Waals surface area (Å²) in [6.45, 7) is 8.76. The zero-order chi connectivity index (χ0) is 34.1. The molecule has 0 saturated carbocycles. The van der Waals surface area contributed by atoms with Crippen molar-refractivity contribution in [1.82, 2.24) is 35.5 Å². The highest BCUT2D eigenvalue weighted by molar-refractivity contribution is 6.05. The minimum Gasteiger partial charge on any atom is -0.453 e. The zero-order valence-corrected chi connectivity index (χ0v) is 28.3. The second-order valence-electron chi connectivity index (χ2n) is 13.2. The molecule has 2 fully saturated rings. The van der Waals surface area contributed by atoms with Gasteiger partial charge in [0.2, 0.25) is 5.91 Å². The van der Waals surface area contributed by atoms with Crippen LogP contribution < -0.4 is 10.6 Å². The van der Waals surface area contributed by atoms with Crippen molar-refractivity contribution in [1.29, 1.82) is 0 Å². The van der Waals surface area contributed by atoms with E-state index < -0.39 is 24.0 Å². The molecule has 3 aromatic carbocycles. The van der Waals surface area contributed by atoms with Gasteiger partial charge in [-0.15, -0.1) is 0 Å². The fraction of sp³-hybridized carbons (Fsp3) is 0.405. The largest absolute Gasteiger partial charge is 0.453 e. The number of carbonyl (C=O) groups excluding carboxylic acids is 2. The van der Waals surface area contributed by atoms with Crippen molar-refractivity contribution >= 4 is 33.8 Å². The lowest BCUT2D eigenvalue weighted by Gasteiger charge is -2.30. The van der Waals surface area contributed by atoms with Crippen LogP contribution in [0.4, 0.5) is 4.79 Å². The number of likely N-dealkylation sites (tertiary alicyclic amines) is 1. The molecule has 2 aliphatic heterocycles. The average Bonchev–Trinajstić information content (AvgIpc) is 3.93. The Bertz CT molecular complexity index is 1960. The Morgan fingerprint density at radius 1 is 1.04 bits per heavy atom. The first-order chi connectivity index (χ1) is 23.8. The maximum absolute atomic E-state index is 13.9. The number of H-pyrrole nitrogens is 2. The molecule has 0 radical (unpaired) electrons. The van der Waals surface area contributed by atoms with Crippen molar-refractivity contribution in [3.8, 4) is 22.4 Å². The number of methoxy groups -OCH3 is 1. The van der Waals surface area contributed by atoms with Crippen molar-refractivity contribution in [2.24, 2.45) is 5.92 Å². The second-order valence-corrected chi connectivity index (χ2v) is 13.2. The van der Waals surface area contributed by atoms with Crippen molar-refractivity contribution in [3.05, 3.63) is 72.4 Å². The van der Waals surface area contributed by atoms with Crippen LogP contribution in [0.1, 0.15) is 51.3 Å². The van der Waals surface area contributed by atoms with Crippen molar-refractivity contribution < 1.29 is 23.8 Å². The number of hydrogen-bond acceptors (Lipinski definition) is 8. The Kier molecular flexibility index (Phi) is 9.10. The molecule has 2 aromatic heterocycles. The Hall–Kier alpha value is -4.78. The molecule has 12 nitrogen and oxygen atoms in total. The molecule has 0 bridgehead atoms. The van der Waals surface area contributed by atoms with E-state index in [1.807, 2.05) is 13.8 Å². The van der Waals surface area contributed by atoms with Crippen LogP contribution in [-0.4, -0.2) is 82.1 Å². The van der Waals surface area contributed by atoms with E-state index in [1.54, 1.807) is 11.1 Å². The predicted octanol–water partition coefficient (Wildman–Crippen LogP) is 5.67. The van der Waals surface area contributed by atoms with Crippen LogP contribution in [0.15, 0.2) is 60.8 Å². The Balaban J connectivity index is 1.11. The molecule has 2 aliphatic rings. The summed E-state index contributed by atoms with van der Waals surface area (Å²) >= 11 is 0. The Labute approximate surface area is 284 Å². The summed E-state index contributed by atoms with van der Waals surface area (Å²) in [5.74, 6) is 0.266. The van der Waals surface area contributed by atoms with Crippen molar-refractivity contribution in [2.45, 2.75) is 58.0 Å². The highest BCUT2D eigenvalue weighted by atomic mass is 16.7. The van der Waals surface area contributed by atoms with Gasteiger partial charge < -0.3 is 39.7 Å². The van der Waals surface area contributed by atoms with Crippen LogP contribution in [-0.2, 0) is 25.5 Å². The van der Waals surface area contributed by atoms with Gasteiger partial charge in [0.05, 0.1) is 62.4 Å². The third kappa shape index (κ3) is 6.51. The Morgan fingerprint density at radius 3 is 2.53 bits per heavy atom. The number of aromatic nitrogens is 4. The predicted molar refractivity (Wildman–Crippen MR) is 186 cm³/mol. The fourth-order valence-corrected chi connectivity index (χ4v) is 6.89. The first kappa shape index (κ1) is 32.8. The van der Waals surface area contributed by atoms with E-state index in [9.17, 15) is 9.59 Å². The van der Waals surface area contributed by atoms with Gasteiger partial charge in [-0.25, -0.2) is 14.8 Å². The van der Waals surface area contributed by atoms with Crippen LogP contribution in [0.2, 0.25) is 0 Å². The molecule has 4 N–H and O–H groups in total. The van der Waals surface area contributed by atoms with E-state index in [0.29, 0.717) is 25.5 Å². The molecule has 49 heavy (non-hydrogen) atoms. The molecule has 1 spiro atoms. The van der Waals surface area contributed by atoms with Gasteiger partial charge in [0.25, 0.3) is 0 Å². The zero-order valence-electron chi connectivity index (χ0n) is 28.3. The number of benzene rings is 3. The number of nitrogens with one attached hydrogen (secondary N) is 4. The summed E-state index contributed by atoms with van der Waals surface area (Å²) in [6, 6.07) is 17.9. The quantitative estimate of drug-likeness (QED) is 0.140. The number of nitrogens with zero attached hydrogens (tertiary/aromatic N) is 3. The number of amides is 2. The molecular weight excluding hydrogens is 622 g/mol. The van der Waals surface area contributed by atoms with Crippen LogP contribution in [0.5, 0.6) is 0 Å². The number of rotatable bonds is 10. The van der Waals surface area contributed by atoms with Crippen molar-refractivity contribution in [2.75, 3.05) is 33.4 Å². The molecule has 5 aromatic rings. The number of fused-ring (bicyclic) bond motifs is 3. The smallest absolute Gasteiger partial charge is 0.407 e. The molecule has 7 rings (SSSR count). The van der Waals surface area contributed by atoms with Gasteiger partial charge >= 0.3 is 6.09 Å². The number of hydrogen-bond donors (Lipinski definition) is 4. The second kappa shape index (κ2) is 13.6. The number of imidazole rings is 2. The third-order valence-electron chi connectivity index (χ3n) is 9.46. The summed E-state index contributed by atoms with van der Waals surface area (Å²) in [6.07, 6.45) is 2.65. The van der Waals surface area contributed by atoms with E-state index in [2.05, 4.69) is 82.1 Å². The molecule has 0 aliphatic carbocycles. The maximum atomic E-state index is 13.9. The summed E-state index contributed by atoms with van der Waals surface area (Å²) in [5.41, 5.74) is 6.04. The molecule has 4 heterocycles. The summed E-state index contributed by atoms with van der Waals surface area (Å²) < 4.78 is 16.8. The highest BCUT2D eigenvalue weighted by Crippen LogP contribution is 2.42. The molecule has 2 saturated heterocycles. The normalized spacial score (nSPS) is 17.8. The van der Waals surface area contributed by atoms with Gasteiger partial charge in [-0.05, 0) is 53.1 Å². The van der Waals surface area contributed by atoms with E-state index >= 15 is 0 Å². The monoisotopic (exact) mass is 665 g/mol. The molecule has 12 heteroatoms. The lowest BCUT2D eigenvalue weighted by molar-refractivity contribution is -0.153. The third-order valence-corrected chi connectivity index (χ3v) is 9.46. The SMILES string of the molecule is CCCNCc1nc2c(ccc3cc(-c4ccc(-c5cnc([C@@H]6CC7(CN6C(=O)[C@@H](NC(=O)OC)C(C)C)OCCO7)[nH]5)cc4)ccc32)[nH]1. The highest BCUT2D eigenvalue weighted by Gasteiger charge is 2.52. The summed E-state index contributed by atoms with van der Waals surface area (Å²) in [5, 5.41) is 8.37. The molecule has 0 unspecified atom stereocenters. The minimum atomic E-state index is -0.904. The van der Waals surface area contributed by atoms with E-state index in [1.165, 1.54) is 7.11 Å². The van der Waals surface area contributed by atoms with Gasteiger partial charge in [0, 0.05) is 11.8 Å². The van der Waals surface area contributed by atoms with Crippen LogP contribution in [0, 0.1) is 5.92 Å². The van der Waals surface area contributed by atoms with E-state index in [0.717, 1.165) is 69.5 Å². The fourth-order valence-electron chi connectivity index (χ4n) is 6.89. The molecule has 2 atom stereocenters. The summed E-state index contributed by atoms with van der Waals surface area (Å²) in [7, 11) is 1.28. The Morgan fingerprint density at radius 2 is 1.80 bits per heavy atom. The van der Waals surface area contributed by atoms with E-state index in [-0.39, 0.29) is 18.4 Å². The molecule has 256 valence electrons. The van der Waals surface area contributed by atoms with Gasteiger partial charge in [0.15, 0.2) is 5.79 Å². The first-order valence-corrected chi connectivity index (χ1v) is 17.0. The number of alkyl carbamates (subject to hydrolysis) is 1.